The number of hydrogen-bond acceptors (Lipinski definition) is 4. The van der Waals surface area contributed by atoms with Crippen LogP contribution < -0.4 is 11.4 Å². The summed E-state index contributed by atoms with van der Waals surface area (Å²) < 4.78 is 85.3. The van der Waals surface area contributed by atoms with Crippen LogP contribution >= 0.6 is 0 Å². The molecule has 0 fully saturated rings. The highest BCUT2D eigenvalue weighted by Crippen LogP contribution is 2.38. The number of halogens is 6. The Morgan fingerprint density at radius 3 is 2.06 bits per heavy atom. The van der Waals surface area contributed by atoms with Crippen LogP contribution in [-0.4, -0.2) is 10.9 Å². The molecule has 36 heavy (non-hydrogen) atoms. The van der Waals surface area contributed by atoms with Crippen LogP contribution in [0.15, 0.2) is 64.1 Å². The number of carbonyl (C=O) groups is 1. The summed E-state index contributed by atoms with van der Waals surface area (Å²) in [5, 5.41) is -0.0269. The van der Waals surface area contributed by atoms with Gasteiger partial charge in [0.2, 0.25) is 5.76 Å². The second-order valence-corrected chi connectivity index (χ2v) is 8.14. The number of aromatic nitrogens is 1. The Morgan fingerprint density at radius 1 is 0.944 bits per heavy atom. The maximum atomic E-state index is 13.4. The van der Waals surface area contributed by atoms with E-state index in [0.29, 0.717) is 17.7 Å². The quantitative estimate of drug-likeness (QED) is 0.350. The van der Waals surface area contributed by atoms with Crippen LogP contribution in [-0.2, 0) is 18.8 Å². The first-order valence-electron chi connectivity index (χ1n) is 10.3. The van der Waals surface area contributed by atoms with E-state index in [1.54, 1.807) is 24.3 Å². The summed E-state index contributed by atoms with van der Waals surface area (Å²) in [7, 11) is 0. The molecule has 11 heteroatoms. The van der Waals surface area contributed by atoms with Crippen LogP contribution in [0.4, 0.5) is 26.3 Å². The smallest absolute Gasteiger partial charge is 0.416 e. The molecule has 0 radical (unpaired) electrons. The maximum Gasteiger partial charge on any atom is 0.416 e. The second kappa shape index (κ2) is 8.81. The summed E-state index contributed by atoms with van der Waals surface area (Å²) in [5.41, 5.74) is 2.64. The monoisotopic (exact) mass is 506 g/mol. The van der Waals surface area contributed by atoms with E-state index in [9.17, 15) is 35.9 Å². The largest absolute Gasteiger partial charge is 0.416 e. The van der Waals surface area contributed by atoms with Crippen molar-refractivity contribution in [3.63, 3.8) is 0 Å². The molecular formula is C25H16F6N2O3. The number of carbonyl (C=O) groups excluding carboxylic acids is 1. The highest BCUT2D eigenvalue weighted by atomic mass is 19.4. The van der Waals surface area contributed by atoms with Crippen molar-refractivity contribution in [2.24, 2.45) is 5.73 Å². The lowest BCUT2D eigenvalue weighted by Gasteiger charge is -2.16. The van der Waals surface area contributed by atoms with Gasteiger partial charge in [-0.3, -0.25) is 9.78 Å². The van der Waals surface area contributed by atoms with Crippen molar-refractivity contribution < 1.29 is 35.6 Å². The normalized spacial score (nSPS) is 12.2. The predicted octanol–water partition coefficient (Wildman–Crippen LogP) is 5.89. The molecule has 0 unspecified atom stereocenters. The van der Waals surface area contributed by atoms with Gasteiger partial charge in [-0.15, -0.1) is 0 Å². The zero-order chi connectivity index (χ0) is 26.4. The third-order valence-corrected chi connectivity index (χ3v) is 5.52. The van der Waals surface area contributed by atoms with Gasteiger partial charge in [0.05, 0.1) is 16.5 Å². The molecule has 0 atom stereocenters. The Labute approximate surface area is 199 Å². The molecule has 0 bridgehead atoms. The average Bonchev–Trinajstić information content (AvgIpc) is 2.78. The lowest BCUT2D eigenvalue weighted by molar-refractivity contribution is -0.143. The first-order chi connectivity index (χ1) is 16.8. The lowest BCUT2D eigenvalue weighted by Crippen LogP contribution is -2.17. The Hall–Kier alpha value is -4.15. The molecule has 0 spiro atoms. The van der Waals surface area contributed by atoms with Crippen molar-refractivity contribution >= 4 is 16.7 Å². The van der Waals surface area contributed by atoms with E-state index in [4.69, 9.17) is 10.2 Å². The summed E-state index contributed by atoms with van der Waals surface area (Å²) in [6.45, 7) is 1.81. The topological polar surface area (TPSA) is 86.2 Å². The van der Waals surface area contributed by atoms with E-state index in [0.717, 1.165) is 11.8 Å². The van der Waals surface area contributed by atoms with Crippen molar-refractivity contribution in [2.45, 2.75) is 25.7 Å². The zero-order valence-electron chi connectivity index (χ0n) is 18.4. The highest BCUT2D eigenvalue weighted by Gasteiger charge is 2.37. The molecule has 186 valence electrons. The number of nitrogens with zero attached hydrogens (tertiary/aromatic N) is 1. The molecule has 4 rings (SSSR count). The van der Waals surface area contributed by atoms with Crippen LogP contribution in [0.1, 0.15) is 38.4 Å². The molecule has 0 saturated heterocycles. The summed E-state index contributed by atoms with van der Waals surface area (Å²) in [6, 6.07) is 7.88. The number of aryl methyl sites for hydroxylation is 1. The van der Waals surface area contributed by atoms with E-state index in [1.807, 2.05) is 6.92 Å². The van der Waals surface area contributed by atoms with Gasteiger partial charge >= 0.3 is 18.0 Å². The van der Waals surface area contributed by atoms with Crippen LogP contribution in [0.3, 0.4) is 0 Å². The average molecular weight is 506 g/mol. The summed E-state index contributed by atoms with van der Waals surface area (Å²) in [5.74, 6) is -1.57. The minimum absolute atomic E-state index is 0.0302. The van der Waals surface area contributed by atoms with Crippen molar-refractivity contribution in [3.05, 3.63) is 98.9 Å². The van der Waals surface area contributed by atoms with Gasteiger partial charge in [-0.05, 0) is 48.2 Å². The highest BCUT2D eigenvalue weighted by molar-refractivity contribution is 6.07. The molecule has 2 heterocycles. The Morgan fingerprint density at radius 2 is 1.53 bits per heavy atom. The second-order valence-electron chi connectivity index (χ2n) is 8.14. The van der Waals surface area contributed by atoms with Crippen LogP contribution in [0.5, 0.6) is 0 Å². The van der Waals surface area contributed by atoms with E-state index < -0.39 is 47.2 Å². The molecule has 0 aliphatic rings. The van der Waals surface area contributed by atoms with E-state index in [-0.39, 0.29) is 33.5 Å². The standard InChI is InChI=1S/C25H16F6N2O3/c1-12-2-4-14(5-3-12)20-19-15(10-33-11-18(19)23(35)36-21(20)22(32)34)6-13-7-16(24(26,27)28)9-17(8-13)25(29,30)31/h2-5,7-11H,6H2,1H3,(H2,32,34). The molecule has 0 aliphatic heterocycles. The SMILES string of the molecule is Cc1ccc(-c2c(C(N)=O)oc(=O)c3cncc(Cc4cc(C(F)(F)F)cc(C(F)(F)F)c4)c23)cc1. The molecule has 5 nitrogen and oxygen atoms in total. The lowest BCUT2D eigenvalue weighted by atomic mass is 9.92. The fraction of sp³-hybridized carbons (Fsp3) is 0.160. The Balaban J connectivity index is 2.02. The van der Waals surface area contributed by atoms with Gasteiger partial charge in [-0.2, -0.15) is 26.3 Å². The number of fused-ring (bicyclic) bond motifs is 1. The van der Waals surface area contributed by atoms with Gasteiger partial charge in [0.1, 0.15) is 0 Å². The molecule has 0 aliphatic carbocycles. The van der Waals surface area contributed by atoms with Gasteiger partial charge < -0.3 is 10.2 Å². The summed E-state index contributed by atoms with van der Waals surface area (Å²) >= 11 is 0. The first kappa shape index (κ1) is 25.0. The summed E-state index contributed by atoms with van der Waals surface area (Å²) in [6.07, 6.45) is -8.17. The fourth-order valence-corrected chi connectivity index (χ4v) is 3.91. The minimum Gasteiger partial charge on any atom is -0.416 e. The van der Waals surface area contributed by atoms with Crippen LogP contribution in [0, 0.1) is 6.92 Å². The molecular weight excluding hydrogens is 490 g/mol. The van der Waals surface area contributed by atoms with Crippen molar-refractivity contribution in [1.29, 1.82) is 0 Å². The number of primary amides is 1. The fourth-order valence-electron chi connectivity index (χ4n) is 3.91. The Bertz CT molecular complexity index is 1510. The van der Waals surface area contributed by atoms with Gasteiger partial charge in [-0.1, -0.05) is 29.8 Å². The number of pyridine rings is 1. The number of rotatable bonds is 4. The number of hydrogen-bond donors (Lipinski definition) is 1. The van der Waals surface area contributed by atoms with E-state index >= 15 is 0 Å². The number of amides is 1. The number of benzene rings is 2. The van der Waals surface area contributed by atoms with Crippen molar-refractivity contribution in [3.8, 4) is 11.1 Å². The van der Waals surface area contributed by atoms with Crippen molar-refractivity contribution in [2.75, 3.05) is 0 Å². The number of nitrogens with two attached hydrogens (primary N) is 1. The third kappa shape index (κ3) is 4.81. The molecule has 4 aromatic rings. The third-order valence-electron chi connectivity index (χ3n) is 5.52. The van der Waals surface area contributed by atoms with Gasteiger partial charge in [0, 0.05) is 23.3 Å². The molecule has 0 saturated carbocycles. The first-order valence-corrected chi connectivity index (χ1v) is 10.3. The van der Waals surface area contributed by atoms with Gasteiger partial charge in [0.15, 0.2) is 0 Å². The van der Waals surface area contributed by atoms with Crippen molar-refractivity contribution in [1.82, 2.24) is 4.98 Å². The van der Waals surface area contributed by atoms with Gasteiger partial charge in [-0.25, -0.2) is 4.79 Å². The Kier molecular flexibility index (Phi) is 6.11. The molecule has 2 aromatic heterocycles. The molecule has 2 aromatic carbocycles. The molecule has 1 amide bonds. The maximum absolute atomic E-state index is 13.4. The summed E-state index contributed by atoms with van der Waals surface area (Å²) in [4.78, 5) is 28.7. The number of alkyl halides is 6. The van der Waals surface area contributed by atoms with E-state index in [2.05, 4.69) is 4.98 Å². The van der Waals surface area contributed by atoms with E-state index in [1.165, 1.54) is 6.20 Å². The van der Waals surface area contributed by atoms with Gasteiger partial charge in [0.25, 0.3) is 5.91 Å². The minimum atomic E-state index is -5.03. The molecule has 2 N–H and O–H groups in total. The predicted molar refractivity (Wildman–Crippen MR) is 118 cm³/mol. The zero-order valence-corrected chi connectivity index (χ0v) is 18.4. The van der Waals surface area contributed by atoms with Crippen LogP contribution in [0.25, 0.3) is 21.9 Å². The van der Waals surface area contributed by atoms with Crippen LogP contribution in [0.2, 0.25) is 0 Å².